The van der Waals surface area contributed by atoms with E-state index in [2.05, 4.69) is 10.3 Å². The molecule has 0 radical (unpaired) electrons. The number of aromatic amines is 1. The van der Waals surface area contributed by atoms with Crippen molar-refractivity contribution in [2.45, 2.75) is 6.18 Å². The van der Waals surface area contributed by atoms with Gasteiger partial charge in [-0.1, -0.05) is 18.2 Å². The molecule has 0 bridgehead atoms. The highest BCUT2D eigenvalue weighted by atomic mass is 19.4. The number of likely N-dealkylation sites (N-methyl/N-ethyl adjacent to an activating group) is 1. The first-order chi connectivity index (χ1) is 8.45. The van der Waals surface area contributed by atoms with Crippen molar-refractivity contribution in [1.29, 1.82) is 0 Å². The number of H-pyrrole nitrogens is 1. The Morgan fingerprint density at radius 2 is 2.00 bits per heavy atom. The number of nitrogens with one attached hydrogen (secondary N) is 2. The summed E-state index contributed by atoms with van der Waals surface area (Å²) in [6.07, 6.45) is -4.57. The van der Waals surface area contributed by atoms with E-state index in [0.717, 1.165) is 0 Å². The van der Waals surface area contributed by atoms with Crippen LogP contribution in [0.4, 0.5) is 13.2 Å². The molecule has 96 valence electrons. The van der Waals surface area contributed by atoms with Gasteiger partial charge in [-0.15, -0.1) is 0 Å². The monoisotopic (exact) mass is 256 g/mol. The van der Waals surface area contributed by atoms with E-state index in [4.69, 9.17) is 0 Å². The van der Waals surface area contributed by atoms with Crippen LogP contribution in [0, 0.1) is 0 Å². The van der Waals surface area contributed by atoms with Gasteiger partial charge in [0.2, 0.25) is 0 Å². The summed E-state index contributed by atoms with van der Waals surface area (Å²) in [4.78, 5) is 14.1. The predicted octanol–water partition coefficient (Wildman–Crippen LogP) is 2.59. The van der Waals surface area contributed by atoms with Gasteiger partial charge in [-0.25, -0.2) is 0 Å². The van der Waals surface area contributed by atoms with Crippen LogP contribution < -0.4 is 5.32 Å². The lowest BCUT2D eigenvalue weighted by Crippen LogP contribution is -2.21. The summed E-state index contributed by atoms with van der Waals surface area (Å²) in [6, 6.07) is 6.24. The van der Waals surface area contributed by atoms with Crippen molar-refractivity contribution in [3.8, 4) is 0 Å². The highest BCUT2D eigenvalue weighted by Crippen LogP contribution is 2.35. The summed E-state index contributed by atoms with van der Waals surface area (Å²) < 4.78 is 38.7. The Morgan fingerprint density at radius 3 is 2.61 bits per heavy atom. The van der Waals surface area contributed by atoms with E-state index in [1.807, 2.05) is 0 Å². The molecule has 6 heteroatoms. The van der Waals surface area contributed by atoms with Gasteiger partial charge in [-0.3, -0.25) is 4.79 Å². The Kier molecular flexibility index (Phi) is 3.13. The molecular formula is C12H11F3N2O. The summed E-state index contributed by atoms with van der Waals surface area (Å²) in [5.41, 5.74) is -0.972. The average Bonchev–Trinajstić information content (AvgIpc) is 2.68. The minimum absolute atomic E-state index is 0.134. The molecule has 0 fully saturated rings. The number of halogens is 3. The lowest BCUT2D eigenvalue weighted by atomic mass is 10.1. The zero-order valence-corrected chi connectivity index (χ0v) is 9.56. The third-order valence-corrected chi connectivity index (χ3v) is 2.61. The number of carbonyl (C=O) groups is 1. The molecular weight excluding hydrogens is 245 g/mol. The Bertz CT molecular complexity index is 587. The number of fused-ring (bicyclic) bond motifs is 1. The van der Waals surface area contributed by atoms with Crippen molar-refractivity contribution in [3.63, 3.8) is 0 Å². The fourth-order valence-corrected chi connectivity index (χ4v) is 1.89. The Labute approximate surface area is 101 Å². The van der Waals surface area contributed by atoms with E-state index in [-0.39, 0.29) is 12.1 Å². The van der Waals surface area contributed by atoms with Crippen LogP contribution in [0.1, 0.15) is 16.1 Å². The quantitative estimate of drug-likeness (QED) is 0.829. The maximum absolute atomic E-state index is 12.9. The molecule has 0 spiro atoms. The number of alkyl halides is 3. The van der Waals surface area contributed by atoms with Crippen LogP contribution in [0.5, 0.6) is 0 Å². The van der Waals surface area contributed by atoms with E-state index in [0.29, 0.717) is 10.9 Å². The first kappa shape index (κ1) is 12.6. The molecule has 0 unspecified atom stereocenters. The van der Waals surface area contributed by atoms with E-state index < -0.39 is 17.7 Å². The van der Waals surface area contributed by atoms with Gasteiger partial charge in [-0.05, 0) is 13.1 Å². The van der Waals surface area contributed by atoms with Crippen LogP contribution in [0.15, 0.2) is 24.3 Å². The van der Waals surface area contributed by atoms with Crippen LogP contribution in [0.3, 0.4) is 0 Å². The number of carbonyl (C=O) groups excluding carboxylic acids is 1. The van der Waals surface area contributed by atoms with Gasteiger partial charge in [0, 0.05) is 10.9 Å². The van der Waals surface area contributed by atoms with Crippen LogP contribution in [-0.4, -0.2) is 24.4 Å². The lowest BCUT2D eigenvalue weighted by Gasteiger charge is -2.07. The predicted molar refractivity (Wildman–Crippen MR) is 61.6 cm³/mol. The van der Waals surface area contributed by atoms with Crippen LogP contribution in [0.2, 0.25) is 0 Å². The van der Waals surface area contributed by atoms with Crippen molar-refractivity contribution >= 4 is 16.7 Å². The van der Waals surface area contributed by atoms with Gasteiger partial charge in [-0.2, -0.15) is 13.2 Å². The SMILES string of the molecule is CNCC(=O)c1c(C(F)(F)F)[nH]c2ccccc12. The normalized spacial score (nSPS) is 12.0. The van der Waals surface area contributed by atoms with Gasteiger partial charge < -0.3 is 10.3 Å². The first-order valence-corrected chi connectivity index (χ1v) is 5.31. The van der Waals surface area contributed by atoms with Gasteiger partial charge >= 0.3 is 6.18 Å². The average molecular weight is 256 g/mol. The molecule has 0 saturated heterocycles. The highest BCUT2D eigenvalue weighted by Gasteiger charge is 2.38. The van der Waals surface area contributed by atoms with Crippen molar-refractivity contribution in [1.82, 2.24) is 10.3 Å². The fourth-order valence-electron chi connectivity index (χ4n) is 1.89. The molecule has 1 heterocycles. The summed E-state index contributed by atoms with van der Waals surface area (Å²) in [6.45, 7) is -0.134. The van der Waals surface area contributed by atoms with Gasteiger partial charge in [0.1, 0.15) is 5.69 Å². The maximum atomic E-state index is 12.9. The second-order valence-corrected chi connectivity index (χ2v) is 3.87. The van der Waals surface area contributed by atoms with Crippen molar-refractivity contribution in [2.24, 2.45) is 0 Å². The number of benzene rings is 1. The third kappa shape index (κ3) is 2.11. The van der Waals surface area contributed by atoms with Crippen molar-refractivity contribution < 1.29 is 18.0 Å². The Morgan fingerprint density at radius 1 is 1.33 bits per heavy atom. The van der Waals surface area contributed by atoms with Crippen LogP contribution >= 0.6 is 0 Å². The molecule has 0 aliphatic heterocycles. The summed E-state index contributed by atoms with van der Waals surface area (Å²) >= 11 is 0. The molecule has 2 rings (SSSR count). The van der Waals surface area contributed by atoms with E-state index in [1.54, 1.807) is 12.1 Å². The van der Waals surface area contributed by atoms with Crippen LogP contribution in [-0.2, 0) is 6.18 Å². The van der Waals surface area contributed by atoms with Gasteiger partial charge in [0.25, 0.3) is 0 Å². The van der Waals surface area contributed by atoms with E-state index >= 15 is 0 Å². The van der Waals surface area contributed by atoms with Crippen LogP contribution in [0.25, 0.3) is 10.9 Å². The smallest absolute Gasteiger partial charge is 0.350 e. The zero-order chi connectivity index (χ0) is 13.3. The standard InChI is InChI=1S/C12H11F3N2O/c1-16-6-9(18)10-7-4-2-3-5-8(7)17-11(10)12(13,14)15/h2-5,16-17H,6H2,1H3. The molecule has 0 saturated carbocycles. The highest BCUT2D eigenvalue weighted by molar-refractivity contribution is 6.10. The summed E-state index contributed by atoms with van der Waals surface area (Å²) in [5, 5.41) is 2.86. The first-order valence-electron chi connectivity index (χ1n) is 5.31. The maximum Gasteiger partial charge on any atom is 0.431 e. The second kappa shape index (κ2) is 4.45. The molecule has 0 amide bonds. The minimum Gasteiger partial charge on any atom is -0.350 e. The van der Waals surface area contributed by atoms with Crippen molar-refractivity contribution in [3.05, 3.63) is 35.5 Å². The lowest BCUT2D eigenvalue weighted by molar-refractivity contribution is -0.140. The number of hydrogen-bond donors (Lipinski definition) is 2. The summed E-state index contributed by atoms with van der Waals surface area (Å²) in [5.74, 6) is -0.581. The summed E-state index contributed by atoms with van der Waals surface area (Å²) in [7, 11) is 1.51. The number of rotatable bonds is 3. The largest absolute Gasteiger partial charge is 0.431 e. The molecule has 0 aliphatic rings. The molecule has 3 nitrogen and oxygen atoms in total. The molecule has 0 atom stereocenters. The number of Topliss-reactive ketones (excluding diaryl/α,β-unsaturated/α-hetero) is 1. The number of aromatic nitrogens is 1. The molecule has 1 aromatic heterocycles. The molecule has 2 N–H and O–H groups in total. The second-order valence-electron chi connectivity index (χ2n) is 3.87. The number of para-hydroxylation sites is 1. The topological polar surface area (TPSA) is 44.9 Å². The molecule has 18 heavy (non-hydrogen) atoms. The minimum atomic E-state index is -4.57. The van der Waals surface area contributed by atoms with E-state index in [9.17, 15) is 18.0 Å². The Balaban J connectivity index is 2.69. The Hall–Kier alpha value is -1.82. The molecule has 0 aliphatic carbocycles. The number of ketones is 1. The fraction of sp³-hybridized carbons (Fsp3) is 0.250. The molecule has 2 aromatic rings. The van der Waals surface area contributed by atoms with E-state index in [1.165, 1.54) is 19.2 Å². The van der Waals surface area contributed by atoms with Crippen molar-refractivity contribution in [2.75, 3.05) is 13.6 Å². The molecule has 1 aromatic carbocycles. The zero-order valence-electron chi connectivity index (χ0n) is 9.56. The number of hydrogen-bond acceptors (Lipinski definition) is 2. The van der Waals surface area contributed by atoms with Gasteiger partial charge in [0.05, 0.1) is 12.1 Å². The third-order valence-electron chi connectivity index (χ3n) is 2.61. The van der Waals surface area contributed by atoms with Gasteiger partial charge in [0.15, 0.2) is 5.78 Å².